The molecule has 0 saturated carbocycles. The first-order valence-corrected chi connectivity index (χ1v) is 14.7. The van der Waals surface area contributed by atoms with Gasteiger partial charge in [-0.2, -0.15) is 0 Å². The highest BCUT2D eigenvalue weighted by Crippen LogP contribution is 2.46. The molecule has 1 heteroatoms. The van der Waals surface area contributed by atoms with Crippen LogP contribution in [0.4, 0.5) is 0 Å². The molecule has 0 heterocycles. The third-order valence-corrected chi connectivity index (χ3v) is 8.35. The van der Waals surface area contributed by atoms with Gasteiger partial charge in [-0.15, -0.1) is 0 Å². The van der Waals surface area contributed by atoms with Crippen LogP contribution in [0.5, 0.6) is 0 Å². The van der Waals surface area contributed by atoms with E-state index >= 15 is 0 Å². The Morgan fingerprint density at radius 1 is 0.686 bits per heavy atom. The van der Waals surface area contributed by atoms with Crippen LogP contribution in [-0.2, 0) is 11.2 Å². The number of fused-ring (bicyclic) bond motifs is 3. The van der Waals surface area contributed by atoms with Crippen LogP contribution >= 0.6 is 0 Å². The number of carbonyl (C=O) groups excluding carboxylic acids is 1. The van der Waals surface area contributed by atoms with Crippen LogP contribution in [0.3, 0.4) is 0 Å². The molecule has 188 valence electrons. The first-order chi connectivity index (χ1) is 17.2. The molecule has 1 unspecified atom stereocenters. The molecule has 0 bridgehead atoms. The summed E-state index contributed by atoms with van der Waals surface area (Å²) in [5.74, 6) is 0.880. The second-order valence-corrected chi connectivity index (χ2v) is 11.0. The van der Waals surface area contributed by atoms with Gasteiger partial charge >= 0.3 is 0 Å². The average molecular weight is 471 g/mol. The molecule has 1 atom stereocenters. The van der Waals surface area contributed by atoms with Gasteiger partial charge in [0.2, 0.25) is 0 Å². The fourth-order valence-electron chi connectivity index (χ4n) is 6.42. The zero-order valence-electron chi connectivity index (χ0n) is 22.3. The van der Waals surface area contributed by atoms with Gasteiger partial charge in [-0.1, -0.05) is 133 Å². The van der Waals surface area contributed by atoms with Gasteiger partial charge in [0.25, 0.3) is 0 Å². The Balaban J connectivity index is 1.54. The first-order valence-electron chi connectivity index (χ1n) is 14.7. The van der Waals surface area contributed by atoms with E-state index in [9.17, 15) is 4.79 Å². The lowest BCUT2D eigenvalue weighted by Gasteiger charge is -2.17. The summed E-state index contributed by atoms with van der Waals surface area (Å²) in [7, 11) is 0. The molecule has 0 fully saturated rings. The lowest BCUT2D eigenvalue weighted by molar-refractivity contribution is -0.113. The van der Waals surface area contributed by atoms with Crippen molar-refractivity contribution in [2.75, 3.05) is 0 Å². The van der Waals surface area contributed by atoms with Crippen LogP contribution in [0, 0.1) is 5.92 Å². The van der Waals surface area contributed by atoms with E-state index in [0.717, 1.165) is 24.8 Å². The number of allylic oxidation sites excluding steroid dienone is 2. The topological polar surface area (TPSA) is 17.1 Å². The van der Waals surface area contributed by atoms with E-state index in [1.54, 1.807) is 0 Å². The fraction of sp³-hybridized carbons (Fsp3) is 0.559. The van der Waals surface area contributed by atoms with Crippen LogP contribution in [0.15, 0.2) is 48.0 Å². The molecule has 0 aromatic heterocycles. The summed E-state index contributed by atoms with van der Waals surface area (Å²) >= 11 is 0. The van der Waals surface area contributed by atoms with Gasteiger partial charge in [0.15, 0.2) is 5.78 Å². The smallest absolute Gasteiger partial charge is 0.164 e. The van der Waals surface area contributed by atoms with E-state index in [1.165, 1.54) is 117 Å². The Labute approximate surface area is 214 Å². The van der Waals surface area contributed by atoms with Gasteiger partial charge in [-0.3, -0.25) is 4.79 Å². The summed E-state index contributed by atoms with van der Waals surface area (Å²) in [6.45, 7) is 4.56. The quantitative estimate of drug-likeness (QED) is 0.202. The SMILES string of the molecule is CCCCCCCCC1=C(c2cccc3c2Cc2ccccc2-3)C(=O)CC1CCCCCCCC. The highest BCUT2D eigenvalue weighted by molar-refractivity contribution is 6.24. The summed E-state index contributed by atoms with van der Waals surface area (Å²) in [6.07, 6.45) is 19.9. The molecule has 2 aliphatic rings. The summed E-state index contributed by atoms with van der Waals surface area (Å²) < 4.78 is 0. The molecule has 0 aliphatic heterocycles. The van der Waals surface area contributed by atoms with Crippen LogP contribution in [0.2, 0.25) is 0 Å². The monoisotopic (exact) mass is 470 g/mol. The van der Waals surface area contributed by atoms with Crippen molar-refractivity contribution in [3.8, 4) is 11.1 Å². The average Bonchev–Trinajstić information content (AvgIpc) is 3.40. The molecular formula is C34H46O. The summed E-state index contributed by atoms with van der Waals surface area (Å²) in [5, 5.41) is 0. The van der Waals surface area contributed by atoms with Crippen LogP contribution < -0.4 is 0 Å². The van der Waals surface area contributed by atoms with Gasteiger partial charge < -0.3 is 0 Å². The van der Waals surface area contributed by atoms with Gasteiger partial charge in [-0.05, 0) is 59.4 Å². The molecule has 1 nitrogen and oxygen atoms in total. The molecule has 2 aliphatic carbocycles. The Morgan fingerprint density at radius 2 is 1.31 bits per heavy atom. The summed E-state index contributed by atoms with van der Waals surface area (Å²) in [4.78, 5) is 13.6. The molecule has 2 aromatic carbocycles. The second kappa shape index (κ2) is 13.2. The third kappa shape index (κ3) is 6.35. The van der Waals surface area contributed by atoms with Crippen molar-refractivity contribution >= 4 is 11.4 Å². The Hall–Kier alpha value is -2.15. The molecular weight excluding hydrogens is 424 g/mol. The van der Waals surface area contributed by atoms with Crippen molar-refractivity contribution in [3.05, 3.63) is 64.7 Å². The second-order valence-electron chi connectivity index (χ2n) is 11.0. The van der Waals surface area contributed by atoms with Crippen molar-refractivity contribution in [1.82, 2.24) is 0 Å². The predicted molar refractivity (Wildman–Crippen MR) is 151 cm³/mol. The maximum Gasteiger partial charge on any atom is 0.164 e. The molecule has 2 aromatic rings. The summed E-state index contributed by atoms with van der Waals surface area (Å²) in [5.41, 5.74) is 9.35. The molecule has 0 N–H and O–H groups in total. The van der Waals surface area contributed by atoms with E-state index in [-0.39, 0.29) is 0 Å². The van der Waals surface area contributed by atoms with Gasteiger partial charge in [0, 0.05) is 12.0 Å². The van der Waals surface area contributed by atoms with Gasteiger partial charge in [-0.25, -0.2) is 0 Å². The van der Waals surface area contributed by atoms with Gasteiger partial charge in [0.1, 0.15) is 0 Å². The maximum absolute atomic E-state index is 13.6. The Kier molecular flexibility index (Phi) is 9.81. The number of ketones is 1. The van der Waals surface area contributed by atoms with E-state index in [1.807, 2.05) is 0 Å². The molecule has 0 radical (unpaired) electrons. The Morgan fingerprint density at radius 3 is 2.09 bits per heavy atom. The Bertz CT molecular complexity index is 1010. The normalized spacial score (nSPS) is 16.7. The van der Waals surface area contributed by atoms with Crippen molar-refractivity contribution in [2.24, 2.45) is 5.92 Å². The lowest BCUT2D eigenvalue weighted by Crippen LogP contribution is -2.01. The molecule has 35 heavy (non-hydrogen) atoms. The number of rotatable bonds is 15. The highest BCUT2D eigenvalue weighted by atomic mass is 16.1. The van der Waals surface area contributed by atoms with Crippen LogP contribution in [0.1, 0.15) is 127 Å². The molecule has 4 rings (SSSR count). The number of Topliss-reactive ketones (excluding diaryl/α,β-unsaturated/α-hetero) is 1. The minimum atomic E-state index is 0.409. The molecule has 0 amide bonds. The molecule has 0 spiro atoms. The number of hydrogen-bond donors (Lipinski definition) is 0. The molecule has 0 saturated heterocycles. The van der Waals surface area contributed by atoms with Crippen molar-refractivity contribution in [3.63, 3.8) is 0 Å². The first kappa shape index (κ1) is 25.9. The number of benzene rings is 2. The van der Waals surface area contributed by atoms with E-state index in [4.69, 9.17) is 0 Å². The van der Waals surface area contributed by atoms with Gasteiger partial charge in [0.05, 0.1) is 0 Å². The number of hydrogen-bond acceptors (Lipinski definition) is 1. The van der Waals surface area contributed by atoms with Crippen molar-refractivity contribution < 1.29 is 4.79 Å². The minimum absolute atomic E-state index is 0.409. The zero-order valence-corrected chi connectivity index (χ0v) is 22.3. The fourth-order valence-corrected chi connectivity index (χ4v) is 6.42. The lowest BCUT2D eigenvalue weighted by atomic mass is 9.87. The summed E-state index contributed by atoms with van der Waals surface area (Å²) in [6, 6.07) is 15.5. The van der Waals surface area contributed by atoms with Crippen molar-refractivity contribution in [1.29, 1.82) is 0 Å². The number of unbranched alkanes of at least 4 members (excludes halogenated alkanes) is 10. The van der Waals surface area contributed by atoms with Crippen molar-refractivity contribution in [2.45, 2.75) is 117 Å². The standard InChI is InChI=1S/C34H46O/c1-3-5-7-9-11-13-18-27-25-33(35)34(29(27)21-14-12-10-8-6-4-2)31-23-17-22-30-28-20-16-15-19-26(28)24-32(30)31/h15-17,19-20,22-23,27H,3-14,18,21,24-25H2,1-2H3. The highest BCUT2D eigenvalue weighted by Gasteiger charge is 2.34. The predicted octanol–water partition coefficient (Wildman–Crippen LogP) is 10.1. The maximum atomic E-state index is 13.6. The minimum Gasteiger partial charge on any atom is -0.294 e. The number of carbonyl (C=O) groups is 1. The van der Waals surface area contributed by atoms with Crippen LogP contribution in [0.25, 0.3) is 16.7 Å². The zero-order chi connectivity index (χ0) is 24.5. The van der Waals surface area contributed by atoms with Crippen LogP contribution in [-0.4, -0.2) is 5.78 Å². The van der Waals surface area contributed by atoms with E-state index < -0.39 is 0 Å². The van der Waals surface area contributed by atoms with E-state index in [2.05, 4.69) is 56.3 Å². The van der Waals surface area contributed by atoms with E-state index in [0.29, 0.717) is 11.7 Å². The third-order valence-electron chi connectivity index (χ3n) is 8.35. The largest absolute Gasteiger partial charge is 0.294 e.